The molecule has 0 saturated carbocycles. The molecule has 1 nitrogen and oxygen atoms in total. The van der Waals surface area contributed by atoms with Crippen molar-refractivity contribution in [2.24, 2.45) is 0 Å². The topological polar surface area (TPSA) is 12.9 Å². The van der Waals surface area contributed by atoms with Gasteiger partial charge in [-0.15, -0.1) is 0 Å². The number of benzene rings is 6. The smallest absolute Gasteiger partial charge is 0.0786 e. The van der Waals surface area contributed by atoms with E-state index in [-0.39, 0.29) is 0 Å². The Balaban J connectivity index is 1.42. The highest BCUT2D eigenvalue weighted by Gasteiger charge is 2.14. The van der Waals surface area contributed by atoms with Gasteiger partial charge in [0, 0.05) is 17.0 Å². The Morgan fingerprint density at radius 3 is 2.13 bits per heavy atom. The first-order valence-corrected chi connectivity index (χ1v) is 13.3. The highest BCUT2D eigenvalue weighted by molar-refractivity contribution is 6.12. The number of rotatable bonds is 4. The third-order valence-electron chi connectivity index (χ3n) is 7.90. The molecule has 0 fully saturated rings. The van der Waals surface area contributed by atoms with Gasteiger partial charge < -0.3 is 0 Å². The van der Waals surface area contributed by atoms with Crippen LogP contribution in [0.3, 0.4) is 0 Å². The Morgan fingerprint density at radius 1 is 0.564 bits per heavy atom. The maximum absolute atomic E-state index is 4.77. The average Bonchev–Trinajstić information content (AvgIpc) is 3.00. The van der Waals surface area contributed by atoms with Gasteiger partial charge in [-0.05, 0) is 79.7 Å². The summed E-state index contributed by atoms with van der Waals surface area (Å²) >= 11 is 0. The SMILES string of the molecule is C=Cc1c(-c2cccc(-c3cccc4ccc5cccnc5c34)c2)cccc1-c1ccc2ccccc2c1C. The first-order chi connectivity index (χ1) is 19.2. The van der Waals surface area contributed by atoms with E-state index in [1.54, 1.807) is 0 Å². The van der Waals surface area contributed by atoms with Gasteiger partial charge in [0.25, 0.3) is 0 Å². The van der Waals surface area contributed by atoms with Crippen LogP contribution in [0.1, 0.15) is 11.1 Å². The number of nitrogens with zero attached hydrogens (tertiary/aromatic N) is 1. The van der Waals surface area contributed by atoms with Crippen LogP contribution < -0.4 is 0 Å². The van der Waals surface area contributed by atoms with Gasteiger partial charge in [-0.3, -0.25) is 4.98 Å². The Hall–Kier alpha value is -5.01. The first-order valence-electron chi connectivity index (χ1n) is 13.3. The van der Waals surface area contributed by atoms with Crippen LogP contribution in [0.25, 0.3) is 71.9 Å². The molecular formula is C38H27N. The number of aryl methyl sites for hydroxylation is 1. The van der Waals surface area contributed by atoms with Gasteiger partial charge in [-0.1, -0.05) is 122 Å². The average molecular weight is 498 g/mol. The molecule has 0 saturated heterocycles. The maximum atomic E-state index is 4.77. The summed E-state index contributed by atoms with van der Waals surface area (Å²) < 4.78 is 0. The van der Waals surface area contributed by atoms with Crippen molar-refractivity contribution in [2.45, 2.75) is 6.92 Å². The Bertz CT molecular complexity index is 2050. The lowest BCUT2D eigenvalue weighted by Gasteiger charge is -2.17. The summed E-state index contributed by atoms with van der Waals surface area (Å²) in [6.45, 7) is 6.46. The molecule has 7 aromatic rings. The monoisotopic (exact) mass is 497 g/mol. The summed E-state index contributed by atoms with van der Waals surface area (Å²) in [7, 11) is 0. The van der Waals surface area contributed by atoms with Gasteiger partial charge in [-0.2, -0.15) is 0 Å². The number of hydrogen-bond donors (Lipinski definition) is 0. The third kappa shape index (κ3) is 3.83. The number of hydrogen-bond acceptors (Lipinski definition) is 1. The minimum Gasteiger partial charge on any atom is -0.256 e. The highest BCUT2D eigenvalue weighted by Crippen LogP contribution is 2.39. The van der Waals surface area contributed by atoms with Crippen molar-refractivity contribution in [3.05, 3.63) is 145 Å². The van der Waals surface area contributed by atoms with E-state index >= 15 is 0 Å². The summed E-state index contributed by atoms with van der Waals surface area (Å²) in [6, 6.07) is 43.5. The van der Waals surface area contributed by atoms with Crippen LogP contribution in [0.5, 0.6) is 0 Å². The Morgan fingerprint density at radius 2 is 1.23 bits per heavy atom. The lowest BCUT2D eigenvalue weighted by Crippen LogP contribution is -1.92. The van der Waals surface area contributed by atoms with Crippen molar-refractivity contribution in [2.75, 3.05) is 0 Å². The summed E-state index contributed by atoms with van der Waals surface area (Å²) in [5, 5.41) is 6.09. The minimum absolute atomic E-state index is 1.04. The second kappa shape index (κ2) is 9.38. The highest BCUT2D eigenvalue weighted by atomic mass is 14.6. The Labute approximate surface area is 228 Å². The van der Waals surface area contributed by atoms with Crippen molar-refractivity contribution in [3.63, 3.8) is 0 Å². The molecule has 0 aliphatic heterocycles. The normalized spacial score (nSPS) is 11.3. The van der Waals surface area contributed by atoms with Gasteiger partial charge in [0.2, 0.25) is 0 Å². The van der Waals surface area contributed by atoms with Gasteiger partial charge in [0.15, 0.2) is 0 Å². The summed E-state index contributed by atoms with van der Waals surface area (Å²) in [5.74, 6) is 0. The van der Waals surface area contributed by atoms with Crippen molar-refractivity contribution in [1.82, 2.24) is 4.98 Å². The number of fused-ring (bicyclic) bond motifs is 4. The van der Waals surface area contributed by atoms with Gasteiger partial charge >= 0.3 is 0 Å². The molecule has 39 heavy (non-hydrogen) atoms. The number of aromatic nitrogens is 1. The lowest BCUT2D eigenvalue weighted by atomic mass is 9.87. The van der Waals surface area contributed by atoms with E-state index in [0.717, 1.165) is 16.5 Å². The summed E-state index contributed by atoms with van der Waals surface area (Å²) in [6.07, 6.45) is 3.88. The van der Waals surface area contributed by atoms with E-state index in [1.165, 1.54) is 60.5 Å². The maximum Gasteiger partial charge on any atom is 0.0786 e. The van der Waals surface area contributed by atoms with Gasteiger partial charge in [0.05, 0.1) is 5.52 Å². The molecule has 7 rings (SSSR count). The molecular weight excluding hydrogens is 470 g/mol. The van der Waals surface area contributed by atoms with Crippen molar-refractivity contribution in [1.29, 1.82) is 0 Å². The van der Waals surface area contributed by atoms with Crippen LogP contribution in [0.4, 0.5) is 0 Å². The van der Waals surface area contributed by atoms with Crippen LogP contribution in [-0.2, 0) is 0 Å². The van der Waals surface area contributed by atoms with E-state index in [0.29, 0.717) is 0 Å². The zero-order chi connectivity index (χ0) is 26.3. The van der Waals surface area contributed by atoms with Crippen LogP contribution in [0, 0.1) is 6.92 Å². The molecule has 184 valence electrons. The molecule has 0 N–H and O–H groups in total. The predicted molar refractivity (Wildman–Crippen MR) is 168 cm³/mol. The second-order valence-electron chi connectivity index (χ2n) is 10.1. The standard InChI is InChI=1S/C38H27N/c1-3-31-34(16-8-18-36(31)33-22-21-26-10-4-5-15-32(26)25(33)2)29-12-6-13-30(24-29)35-17-7-11-27-19-20-28-14-9-23-39-38(28)37(27)35/h3-24H,1H2,2H3. The molecule has 1 heterocycles. The molecule has 0 aliphatic rings. The summed E-state index contributed by atoms with van der Waals surface area (Å²) in [5.41, 5.74) is 10.7. The summed E-state index contributed by atoms with van der Waals surface area (Å²) in [4.78, 5) is 4.77. The molecule has 6 aromatic carbocycles. The second-order valence-corrected chi connectivity index (χ2v) is 10.1. The van der Waals surface area contributed by atoms with Crippen LogP contribution in [0.15, 0.2) is 134 Å². The largest absolute Gasteiger partial charge is 0.256 e. The van der Waals surface area contributed by atoms with E-state index in [2.05, 4.69) is 129 Å². The first kappa shape index (κ1) is 23.1. The molecule has 0 atom stereocenters. The van der Waals surface area contributed by atoms with Crippen LogP contribution >= 0.6 is 0 Å². The fourth-order valence-electron chi connectivity index (χ4n) is 6.00. The molecule has 0 unspecified atom stereocenters. The molecule has 0 bridgehead atoms. The van der Waals surface area contributed by atoms with Crippen molar-refractivity contribution >= 4 is 38.5 Å². The quantitative estimate of drug-likeness (QED) is 0.220. The molecule has 0 amide bonds. The lowest BCUT2D eigenvalue weighted by molar-refractivity contribution is 1.43. The van der Waals surface area contributed by atoms with Crippen molar-refractivity contribution < 1.29 is 0 Å². The molecule has 0 spiro atoms. The third-order valence-corrected chi connectivity index (χ3v) is 7.90. The zero-order valence-corrected chi connectivity index (χ0v) is 21.9. The zero-order valence-electron chi connectivity index (χ0n) is 21.9. The molecule has 1 heteroatoms. The fourth-order valence-corrected chi connectivity index (χ4v) is 6.00. The van der Waals surface area contributed by atoms with E-state index < -0.39 is 0 Å². The predicted octanol–water partition coefficient (Wildman–Crippen LogP) is 10.5. The molecule has 0 radical (unpaired) electrons. The van der Waals surface area contributed by atoms with Gasteiger partial charge in [-0.25, -0.2) is 0 Å². The van der Waals surface area contributed by atoms with Gasteiger partial charge in [0.1, 0.15) is 0 Å². The Kier molecular flexibility index (Phi) is 5.56. The molecule has 1 aromatic heterocycles. The van der Waals surface area contributed by atoms with Crippen LogP contribution in [0.2, 0.25) is 0 Å². The fraction of sp³-hybridized carbons (Fsp3) is 0.0263. The van der Waals surface area contributed by atoms with E-state index in [4.69, 9.17) is 4.98 Å². The number of pyridine rings is 1. The van der Waals surface area contributed by atoms with E-state index in [9.17, 15) is 0 Å². The minimum atomic E-state index is 1.04. The molecule has 0 aliphatic carbocycles. The van der Waals surface area contributed by atoms with E-state index in [1.807, 2.05) is 18.3 Å². The van der Waals surface area contributed by atoms with Crippen LogP contribution in [-0.4, -0.2) is 4.98 Å². The van der Waals surface area contributed by atoms with Crippen molar-refractivity contribution in [3.8, 4) is 33.4 Å².